The van der Waals surface area contributed by atoms with Gasteiger partial charge in [0.05, 0.1) is 12.0 Å². The molecule has 0 spiro atoms. The molecule has 1 heterocycles. The van der Waals surface area contributed by atoms with E-state index in [1.54, 1.807) is 6.21 Å². The molecule has 0 unspecified atom stereocenters. The van der Waals surface area contributed by atoms with Crippen LogP contribution < -0.4 is 5.43 Å². The first-order chi connectivity index (χ1) is 18.2. The number of rotatable bonds is 8. The van der Waals surface area contributed by atoms with Gasteiger partial charge in [-0.2, -0.15) is 5.10 Å². The number of carbonyl (C=O) groups is 1. The average molecular weight is 524 g/mol. The van der Waals surface area contributed by atoms with Crippen LogP contribution in [-0.2, 0) is 4.79 Å². The van der Waals surface area contributed by atoms with Crippen molar-refractivity contribution in [3.8, 4) is 28.2 Å². The minimum atomic E-state index is -0.238. The van der Waals surface area contributed by atoms with Crippen molar-refractivity contribution in [1.82, 2.24) is 20.2 Å². The van der Waals surface area contributed by atoms with Crippen molar-refractivity contribution in [3.05, 3.63) is 120 Å². The number of hydrazone groups is 1. The number of benzene rings is 4. The van der Waals surface area contributed by atoms with Gasteiger partial charge < -0.3 is 0 Å². The fourth-order valence-electron chi connectivity index (χ4n) is 3.69. The van der Waals surface area contributed by atoms with Gasteiger partial charge in [0.15, 0.2) is 11.0 Å². The van der Waals surface area contributed by atoms with Crippen LogP contribution in [0.1, 0.15) is 5.56 Å². The van der Waals surface area contributed by atoms with Crippen molar-refractivity contribution < 1.29 is 4.79 Å². The molecule has 0 aliphatic carbocycles. The highest BCUT2D eigenvalue weighted by Crippen LogP contribution is 2.28. The van der Waals surface area contributed by atoms with E-state index in [1.165, 1.54) is 11.8 Å². The Morgan fingerprint density at radius 2 is 1.43 bits per heavy atom. The lowest BCUT2D eigenvalue weighted by atomic mass is 10.0. The molecule has 0 radical (unpaired) electrons. The number of nitrogens with one attached hydrogen (secondary N) is 1. The number of para-hydroxylation sites is 1. The normalized spacial score (nSPS) is 11.1. The van der Waals surface area contributed by atoms with Crippen LogP contribution in [0.3, 0.4) is 0 Å². The third-order valence-electron chi connectivity index (χ3n) is 5.50. The first-order valence-electron chi connectivity index (χ1n) is 11.5. The Kier molecular flexibility index (Phi) is 7.74. The number of aromatic nitrogens is 3. The number of amides is 1. The average Bonchev–Trinajstić information content (AvgIpc) is 3.38. The molecule has 182 valence electrons. The van der Waals surface area contributed by atoms with Gasteiger partial charge in [0.1, 0.15) is 0 Å². The number of halogens is 1. The quantitative estimate of drug-likeness (QED) is 0.143. The first-order valence-corrected chi connectivity index (χ1v) is 12.9. The lowest BCUT2D eigenvalue weighted by Crippen LogP contribution is -2.20. The molecule has 0 saturated heterocycles. The smallest absolute Gasteiger partial charge is 0.250 e. The van der Waals surface area contributed by atoms with E-state index in [9.17, 15) is 4.79 Å². The van der Waals surface area contributed by atoms with Crippen molar-refractivity contribution in [1.29, 1.82) is 0 Å². The maximum absolute atomic E-state index is 12.5. The van der Waals surface area contributed by atoms with Crippen LogP contribution in [0.5, 0.6) is 0 Å². The summed E-state index contributed by atoms with van der Waals surface area (Å²) in [4.78, 5) is 12.5. The standard InChI is InChI=1S/C29H22ClN5OS/c30-25-17-15-24(16-18-25)28-33-34-29(35(28)26-9-5-2-6-10-26)37-20-27(36)32-31-19-21-11-13-23(14-12-21)22-7-3-1-4-8-22/h1-19H,20H2,(H,32,36)/b31-19-. The van der Waals surface area contributed by atoms with E-state index in [1.807, 2.05) is 102 Å². The fourth-order valence-corrected chi connectivity index (χ4v) is 4.56. The number of hydrogen-bond acceptors (Lipinski definition) is 5. The van der Waals surface area contributed by atoms with Gasteiger partial charge in [-0.3, -0.25) is 9.36 Å². The molecule has 0 fully saturated rings. The van der Waals surface area contributed by atoms with Crippen LogP contribution >= 0.6 is 23.4 Å². The van der Waals surface area contributed by atoms with Crippen LogP contribution in [0.25, 0.3) is 28.2 Å². The van der Waals surface area contributed by atoms with Gasteiger partial charge in [-0.1, -0.05) is 96.2 Å². The second kappa shape index (κ2) is 11.7. The number of thioether (sulfide) groups is 1. The summed E-state index contributed by atoms with van der Waals surface area (Å²) < 4.78 is 1.93. The molecule has 1 aromatic heterocycles. The van der Waals surface area contributed by atoms with Crippen molar-refractivity contribution >= 4 is 35.5 Å². The monoisotopic (exact) mass is 523 g/mol. The second-order valence-corrected chi connectivity index (χ2v) is 9.43. The highest BCUT2D eigenvalue weighted by molar-refractivity contribution is 7.99. The zero-order chi connectivity index (χ0) is 25.5. The van der Waals surface area contributed by atoms with E-state index in [-0.39, 0.29) is 11.7 Å². The van der Waals surface area contributed by atoms with Crippen LogP contribution in [0.15, 0.2) is 119 Å². The predicted octanol–water partition coefficient (Wildman–Crippen LogP) is 6.50. The molecule has 0 bridgehead atoms. The van der Waals surface area contributed by atoms with E-state index in [0.717, 1.165) is 27.9 Å². The molecule has 4 aromatic carbocycles. The van der Waals surface area contributed by atoms with Gasteiger partial charge in [-0.25, -0.2) is 5.43 Å². The Hall–Kier alpha value is -4.20. The van der Waals surface area contributed by atoms with Crippen molar-refractivity contribution in [2.45, 2.75) is 5.16 Å². The van der Waals surface area contributed by atoms with E-state index in [0.29, 0.717) is 16.0 Å². The van der Waals surface area contributed by atoms with Gasteiger partial charge >= 0.3 is 0 Å². The van der Waals surface area contributed by atoms with E-state index < -0.39 is 0 Å². The summed E-state index contributed by atoms with van der Waals surface area (Å²) in [5, 5.41) is 14.1. The SMILES string of the molecule is O=C(CSc1nnc(-c2ccc(Cl)cc2)n1-c1ccccc1)N/N=C\c1ccc(-c2ccccc2)cc1. The summed E-state index contributed by atoms with van der Waals surface area (Å²) >= 11 is 7.35. The van der Waals surface area contributed by atoms with Crippen molar-refractivity contribution in [2.24, 2.45) is 5.10 Å². The molecule has 5 aromatic rings. The summed E-state index contributed by atoms with van der Waals surface area (Å²) in [5.41, 5.74) is 7.53. The first kappa shape index (κ1) is 24.5. The highest BCUT2D eigenvalue weighted by Gasteiger charge is 2.17. The zero-order valence-electron chi connectivity index (χ0n) is 19.7. The second-order valence-electron chi connectivity index (χ2n) is 8.05. The van der Waals surface area contributed by atoms with Crippen LogP contribution in [0, 0.1) is 0 Å². The van der Waals surface area contributed by atoms with Crippen LogP contribution in [-0.4, -0.2) is 32.6 Å². The molecular weight excluding hydrogens is 502 g/mol. The summed E-state index contributed by atoms with van der Waals surface area (Å²) in [6.45, 7) is 0. The van der Waals surface area contributed by atoms with Crippen molar-refractivity contribution in [2.75, 3.05) is 5.75 Å². The Bertz CT molecular complexity index is 1500. The Balaban J connectivity index is 1.24. The minimum Gasteiger partial charge on any atom is -0.272 e. The minimum absolute atomic E-state index is 0.135. The summed E-state index contributed by atoms with van der Waals surface area (Å²) in [6.07, 6.45) is 1.63. The fraction of sp³-hybridized carbons (Fsp3) is 0.0345. The van der Waals surface area contributed by atoms with E-state index in [4.69, 9.17) is 11.6 Å². The number of nitrogens with zero attached hydrogens (tertiary/aromatic N) is 4. The highest BCUT2D eigenvalue weighted by atomic mass is 35.5. The largest absolute Gasteiger partial charge is 0.272 e. The van der Waals surface area contributed by atoms with Gasteiger partial charge in [-0.05, 0) is 53.1 Å². The maximum Gasteiger partial charge on any atom is 0.250 e. The molecule has 6 nitrogen and oxygen atoms in total. The zero-order valence-corrected chi connectivity index (χ0v) is 21.2. The Labute approximate surface area is 224 Å². The van der Waals surface area contributed by atoms with Crippen LogP contribution in [0.4, 0.5) is 0 Å². The summed E-state index contributed by atoms with van der Waals surface area (Å²) in [6, 6.07) is 35.4. The van der Waals surface area contributed by atoms with Gasteiger partial charge in [0, 0.05) is 16.3 Å². The molecule has 37 heavy (non-hydrogen) atoms. The molecule has 1 N–H and O–H groups in total. The van der Waals surface area contributed by atoms with Gasteiger partial charge in [-0.15, -0.1) is 10.2 Å². The third kappa shape index (κ3) is 6.14. The van der Waals surface area contributed by atoms with Crippen LogP contribution in [0.2, 0.25) is 5.02 Å². The van der Waals surface area contributed by atoms with E-state index >= 15 is 0 Å². The summed E-state index contributed by atoms with van der Waals surface area (Å²) in [5.74, 6) is 0.566. The topological polar surface area (TPSA) is 72.2 Å². The summed E-state index contributed by atoms with van der Waals surface area (Å²) in [7, 11) is 0. The molecule has 0 atom stereocenters. The predicted molar refractivity (Wildman–Crippen MR) is 150 cm³/mol. The molecular formula is C29H22ClN5OS. The Morgan fingerprint density at radius 1 is 0.811 bits per heavy atom. The molecule has 5 rings (SSSR count). The Morgan fingerprint density at radius 3 is 2.14 bits per heavy atom. The molecule has 0 saturated carbocycles. The molecule has 0 aliphatic rings. The number of hydrogen-bond donors (Lipinski definition) is 1. The van der Waals surface area contributed by atoms with Gasteiger partial charge in [0.2, 0.25) is 0 Å². The third-order valence-corrected chi connectivity index (χ3v) is 6.68. The lowest BCUT2D eigenvalue weighted by molar-refractivity contribution is -0.118. The lowest BCUT2D eigenvalue weighted by Gasteiger charge is -2.10. The molecule has 1 amide bonds. The maximum atomic E-state index is 12.5. The molecule has 0 aliphatic heterocycles. The number of carbonyl (C=O) groups excluding carboxylic acids is 1. The van der Waals surface area contributed by atoms with E-state index in [2.05, 4.69) is 32.9 Å². The molecule has 8 heteroatoms. The van der Waals surface area contributed by atoms with Gasteiger partial charge in [0.25, 0.3) is 5.91 Å². The van der Waals surface area contributed by atoms with Crippen molar-refractivity contribution in [3.63, 3.8) is 0 Å².